The molecule has 2 heterocycles. The van der Waals surface area contributed by atoms with Crippen LogP contribution in [0.2, 0.25) is 0 Å². The lowest BCUT2D eigenvalue weighted by molar-refractivity contribution is 0.882. The second-order valence-corrected chi connectivity index (χ2v) is 5.69. The van der Waals surface area contributed by atoms with E-state index in [1.807, 2.05) is 32.3 Å². The van der Waals surface area contributed by atoms with Gasteiger partial charge in [0, 0.05) is 22.8 Å². The molecule has 0 bridgehead atoms. The van der Waals surface area contributed by atoms with Crippen LogP contribution in [0.4, 0.5) is 0 Å². The topological polar surface area (TPSA) is 38.7 Å². The van der Waals surface area contributed by atoms with Crippen molar-refractivity contribution in [3.8, 4) is 0 Å². The number of aromatic nitrogens is 3. The maximum atomic E-state index is 6.03. The Hall–Kier alpha value is -1.00. The molecule has 3 nitrogen and oxygen atoms in total. The van der Waals surface area contributed by atoms with Crippen LogP contribution in [0.1, 0.15) is 40.1 Å². The summed E-state index contributed by atoms with van der Waals surface area (Å²) in [5, 5.41) is 3.07. The standard InChI is InChI=1S/C12H14ClN3S/c1-7(13)11-5-14-12(15-8(11)2)4-10-6-17-9(3)16-10/h5-7H,4H2,1-3H3. The van der Waals surface area contributed by atoms with Gasteiger partial charge in [0.2, 0.25) is 0 Å². The van der Waals surface area contributed by atoms with Crippen LogP contribution in [0, 0.1) is 13.8 Å². The van der Waals surface area contributed by atoms with Crippen LogP contribution in [-0.4, -0.2) is 15.0 Å². The van der Waals surface area contributed by atoms with Gasteiger partial charge in [-0.25, -0.2) is 15.0 Å². The largest absolute Gasteiger partial charge is 0.246 e. The van der Waals surface area contributed by atoms with Gasteiger partial charge >= 0.3 is 0 Å². The first-order valence-electron chi connectivity index (χ1n) is 5.43. The van der Waals surface area contributed by atoms with E-state index in [9.17, 15) is 0 Å². The molecular weight excluding hydrogens is 254 g/mol. The number of hydrogen-bond donors (Lipinski definition) is 0. The van der Waals surface area contributed by atoms with E-state index in [4.69, 9.17) is 11.6 Å². The van der Waals surface area contributed by atoms with Crippen molar-refractivity contribution in [1.29, 1.82) is 0 Å². The minimum Gasteiger partial charge on any atom is -0.246 e. The Bertz CT molecular complexity index is 522. The zero-order chi connectivity index (χ0) is 12.4. The number of halogens is 1. The summed E-state index contributed by atoms with van der Waals surface area (Å²) in [6.07, 6.45) is 2.50. The molecule has 0 aromatic carbocycles. The third-order valence-electron chi connectivity index (χ3n) is 2.50. The van der Waals surface area contributed by atoms with Gasteiger partial charge in [0.25, 0.3) is 0 Å². The Morgan fingerprint density at radius 2 is 2.12 bits per heavy atom. The first-order valence-corrected chi connectivity index (χ1v) is 6.75. The maximum absolute atomic E-state index is 6.03. The summed E-state index contributed by atoms with van der Waals surface area (Å²) in [4.78, 5) is 13.2. The zero-order valence-corrected chi connectivity index (χ0v) is 11.6. The molecule has 2 aromatic heterocycles. The predicted molar refractivity (Wildman–Crippen MR) is 70.7 cm³/mol. The highest BCUT2D eigenvalue weighted by atomic mass is 35.5. The third kappa shape index (κ3) is 3.01. The molecule has 0 aliphatic carbocycles. The minimum absolute atomic E-state index is 0.0504. The molecule has 0 amide bonds. The number of hydrogen-bond acceptors (Lipinski definition) is 4. The summed E-state index contributed by atoms with van der Waals surface area (Å²) >= 11 is 7.68. The fraction of sp³-hybridized carbons (Fsp3) is 0.417. The Morgan fingerprint density at radius 1 is 1.35 bits per heavy atom. The molecule has 0 N–H and O–H groups in total. The van der Waals surface area contributed by atoms with E-state index < -0.39 is 0 Å². The molecule has 0 aliphatic heterocycles. The molecule has 0 spiro atoms. The molecule has 2 aromatic rings. The predicted octanol–water partition coefficient (Wildman–Crippen LogP) is 3.44. The zero-order valence-electron chi connectivity index (χ0n) is 10.1. The summed E-state index contributed by atoms with van der Waals surface area (Å²) in [7, 11) is 0. The highest BCUT2D eigenvalue weighted by molar-refractivity contribution is 7.09. The van der Waals surface area contributed by atoms with Crippen LogP contribution in [-0.2, 0) is 6.42 Å². The number of nitrogens with zero attached hydrogens (tertiary/aromatic N) is 3. The van der Waals surface area contributed by atoms with E-state index in [-0.39, 0.29) is 5.38 Å². The molecule has 5 heteroatoms. The van der Waals surface area contributed by atoms with Gasteiger partial charge in [-0.3, -0.25) is 0 Å². The fourth-order valence-corrected chi connectivity index (χ4v) is 2.48. The Kier molecular flexibility index (Phi) is 3.74. The van der Waals surface area contributed by atoms with Gasteiger partial charge in [-0.15, -0.1) is 22.9 Å². The van der Waals surface area contributed by atoms with Gasteiger partial charge < -0.3 is 0 Å². The summed E-state index contributed by atoms with van der Waals surface area (Å²) in [5.41, 5.74) is 2.97. The lowest BCUT2D eigenvalue weighted by atomic mass is 10.2. The quantitative estimate of drug-likeness (QED) is 0.800. The van der Waals surface area contributed by atoms with Crippen molar-refractivity contribution in [2.75, 3.05) is 0 Å². The monoisotopic (exact) mass is 267 g/mol. The van der Waals surface area contributed by atoms with E-state index in [2.05, 4.69) is 15.0 Å². The lowest BCUT2D eigenvalue weighted by Crippen LogP contribution is -2.02. The van der Waals surface area contributed by atoms with Crippen molar-refractivity contribution < 1.29 is 0 Å². The normalized spacial score (nSPS) is 12.7. The molecule has 0 radical (unpaired) electrons. The average Bonchev–Trinajstić information content (AvgIpc) is 2.63. The van der Waals surface area contributed by atoms with E-state index >= 15 is 0 Å². The molecule has 2 rings (SSSR count). The van der Waals surface area contributed by atoms with Crippen LogP contribution in [0.15, 0.2) is 11.6 Å². The highest BCUT2D eigenvalue weighted by Gasteiger charge is 2.09. The van der Waals surface area contributed by atoms with Crippen molar-refractivity contribution in [1.82, 2.24) is 15.0 Å². The van der Waals surface area contributed by atoms with E-state index in [0.29, 0.717) is 6.42 Å². The first kappa shape index (κ1) is 12.5. The molecule has 0 aliphatic rings. The molecule has 0 saturated carbocycles. The maximum Gasteiger partial charge on any atom is 0.134 e. The van der Waals surface area contributed by atoms with E-state index in [1.54, 1.807) is 11.3 Å². The summed E-state index contributed by atoms with van der Waals surface area (Å²) in [6, 6.07) is 0. The van der Waals surface area contributed by atoms with Gasteiger partial charge in [-0.2, -0.15) is 0 Å². The Morgan fingerprint density at radius 3 is 2.65 bits per heavy atom. The Labute approximate surface area is 110 Å². The highest BCUT2D eigenvalue weighted by Crippen LogP contribution is 2.21. The second-order valence-electron chi connectivity index (χ2n) is 3.98. The lowest BCUT2D eigenvalue weighted by Gasteiger charge is -2.07. The van der Waals surface area contributed by atoms with Crippen molar-refractivity contribution >= 4 is 22.9 Å². The third-order valence-corrected chi connectivity index (χ3v) is 3.56. The number of thiazole rings is 1. The summed E-state index contributed by atoms with van der Waals surface area (Å²) < 4.78 is 0. The molecule has 17 heavy (non-hydrogen) atoms. The smallest absolute Gasteiger partial charge is 0.134 e. The first-order chi connectivity index (χ1) is 8.06. The van der Waals surface area contributed by atoms with Crippen molar-refractivity contribution in [2.45, 2.75) is 32.6 Å². The molecule has 0 fully saturated rings. The summed E-state index contributed by atoms with van der Waals surface area (Å²) in [5.74, 6) is 0.800. The number of alkyl halides is 1. The molecule has 1 atom stereocenters. The van der Waals surface area contributed by atoms with E-state index in [1.165, 1.54) is 0 Å². The van der Waals surface area contributed by atoms with Crippen LogP contribution >= 0.6 is 22.9 Å². The minimum atomic E-state index is -0.0504. The van der Waals surface area contributed by atoms with Crippen molar-refractivity contribution in [2.24, 2.45) is 0 Å². The van der Waals surface area contributed by atoms with Crippen LogP contribution in [0.25, 0.3) is 0 Å². The fourth-order valence-electron chi connectivity index (χ4n) is 1.65. The molecular formula is C12H14ClN3S. The average molecular weight is 268 g/mol. The number of rotatable bonds is 3. The second kappa shape index (κ2) is 5.10. The van der Waals surface area contributed by atoms with Gasteiger partial charge in [-0.1, -0.05) is 0 Å². The molecule has 1 unspecified atom stereocenters. The van der Waals surface area contributed by atoms with E-state index in [0.717, 1.165) is 27.8 Å². The van der Waals surface area contributed by atoms with Crippen molar-refractivity contribution in [3.63, 3.8) is 0 Å². The molecule has 0 saturated heterocycles. The van der Waals surface area contributed by atoms with Gasteiger partial charge in [0.15, 0.2) is 0 Å². The van der Waals surface area contributed by atoms with Crippen molar-refractivity contribution in [3.05, 3.63) is 39.4 Å². The van der Waals surface area contributed by atoms with Crippen LogP contribution < -0.4 is 0 Å². The van der Waals surface area contributed by atoms with Gasteiger partial charge in [0.1, 0.15) is 5.82 Å². The van der Waals surface area contributed by atoms with Crippen LogP contribution in [0.5, 0.6) is 0 Å². The van der Waals surface area contributed by atoms with Gasteiger partial charge in [-0.05, 0) is 20.8 Å². The number of aryl methyl sites for hydroxylation is 2. The van der Waals surface area contributed by atoms with Crippen LogP contribution in [0.3, 0.4) is 0 Å². The van der Waals surface area contributed by atoms with Gasteiger partial charge in [0.05, 0.1) is 22.5 Å². The molecule has 90 valence electrons. The summed E-state index contributed by atoms with van der Waals surface area (Å²) in [6.45, 7) is 5.89. The Balaban J connectivity index is 2.20. The SMILES string of the molecule is Cc1nc(Cc2ncc(C(C)Cl)c(C)n2)cs1.